The molecule has 0 saturated carbocycles. The van der Waals surface area contributed by atoms with E-state index in [9.17, 15) is 0 Å². The number of anilines is 1. The third-order valence-corrected chi connectivity index (χ3v) is 5.24. The second kappa shape index (κ2) is 9.44. The van der Waals surface area contributed by atoms with Crippen molar-refractivity contribution in [3.8, 4) is 5.75 Å². The van der Waals surface area contributed by atoms with E-state index in [1.807, 2.05) is 18.2 Å². The molecule has 1 aliphatic rings. The lowest BCUT2D eigenvalue weighted by atomic mass is 10.0. The second-order valence-corrected chi connectivity index (χ2v) is 7.15. The summed E-state index contributed by atoms with van der Waals surface area (Å²) in [5.41, 5.74) is 0.817. The Morgan fingerprint density at radius 1 is 1.42 bits per heavy atom. The minimum Gasteiger partial charge on any atom is -0.495 e. The smallest absolute Gasteiger partial charge is 0.173 e. The van der Waals surface area contributed by atoms with Gasteiger partial charge in [0.15, 0.2) is 5.11 Å². The number of nitrogens with one attached hydrogen (secondary N) is 1. The molecule has 0 spiro atoms. The van der Waals surface area contributed by atoms with Gasteiger partial charge in [0.05, 0.1) is 12.8 Å². The van der Waals surface area contributed by atoms with Gasteiger partial charge in [0.25, 0.3) is 0 Å². The number of piperidine rings is 1. The third kappa shape index (κ3) is 5.23. The molecule has 1 aliphatic heterocycles. The van der Waals surface area contributed by atoms with Crippen LogP contribution in [-0.2, 0) is 0 Å². The Hall–Kier alpha value is -1.04. The molecular formula is C18H28ClN3OS. The first-order valence-corrected chi connectivity index (χ1v) is 9.43. The predicted octanol–water partition coefficient (Wildman–Crippen LogP) is 4.24. The van der Waals surface area contributed by atoms with Gasteiger partial charge in [-0.2, -0.15) is 0 Å². The van der Waals surface area contributed by atoms with E-state index in [0.29, 0.717) is 11.1 Å². The van der Waals surface area contributed by atoms with Crippen LogP contribution in [0.3, 0.4) is 0 Å². The van der Waals surface area contributed by atoms with Crippen molar-refractivity contribution in [2.75, 3.05) is 39.1 Å². The summed E-state index contributed by atoms with van der Waals surface area (Å²) in [6.07, 6.45) is 4.81. The van der Waals surface area contributed by atoms with E-state index < -0.39 is 0 Å². The van der Waals surface area contributed by atoms with Crippen molar-refractivity contribution < 1.29 is 4.74 Å². The predicted molar refractivity (Wildman–Crippen MR) is 106 cm³/mol. The van der Waals surface area contributed by atoms with E-state index in [1.165, 1.54) is 19.4 Å². The molecule has 0 radical (unpaired) electrons. The van der Waals surface area contributed by atoms with Gasteiger partial charge in [-0.05, 0) is 63.3 Å². The van der Waals surface area contributed by atoms with Gasteiger partial charge in [-0.15, -0.1) is 0 Å². The molecular weight excluding hydrogens is 342 g/mol. The number of unbranched alkanes of at least 4 members (excludes halogenated alkanes) is 1. The summed E-state index contributed by atoms with van der Waals surface area (Å²) >= 11 is 11.7. The number of ether oxygens (including phenoxy) is 1. The highest BCUT2D eigenvalue weighted by Crippen LogP contribution is 2.28. The van der Waals surface area contributed by atoms with Crippen molar-refractivity contribution in [1.82, 2.24) is 9.80 Å². The van der Waals surface area contributed by atoms with Gasteiger partial charge >= 0.3 is 0 Å². The van der Waals surface area contributed by atoms with Crippen molar-refractivity contribution in [3.63, 3.8) is 0 Å². The van der Waals surface area contributed by atoms with Gasteiger partial charge < -0.3 is 19.9 Å². The largest absolute Gasteiger partial charge is 0.495 e. The van der Waals surface area contributed by atoms with Crippen LogP contribution in [0, 0.1) is 0 Å². The molecule has 6 heteroatoms. The molecule has 2 rings (SSSR count). The molecule has 1 fully saturated rings. The van der Waals surface area contributed by atoms with Crippen molar-refractivity contribution in [1.29, 1.82) is 0 Å². The fourth-order valence-corrected chi connectivity index (χ4v) is 3.54. The number of methoxy groups -OCH3 is 1. The summed E-state index contributed by atoms with van der Waals surface area (Å²) in [6.45, 7) is 5.39. The Morgan fingerprint density at radius 3 is 2.75 bits per heavy atom. The summed E-state index contributed by atoms with van der Waals surface area (Å²) in [4.78, 5) is 4.73. The van der Waals surface area contributed by atoms with Crippen molar-refractivity contribution >= 4 is 34.6 Å². The summed E-state index contributed by atoms with van der Waals surface area (Å²) in [7, 11) is 3.89. The van der Waals surface area contributed by atoms with Crippen LogP contribution in [0.2, 0.25) is 5.02 Å². The minimum absolute atomic E-state index is 0.663. The molecule has 0 aromatic heterocycles. The van der Waals surface area contributed by atoms with Crippen LogP contribution in [0.15, 0.2) is 18.2 Å². The summed E-state index contributed by atoms with van der Waals surface area (Å²) in [5, 5.41) is 4.69. The number of halogens is 1. The SMILES string of the molecule is CCCCN(C)C1CCN(C(=S)Nc2cc(Cl)ccc2OC)CC1. The molecule has 0 unspecified atom stereocenters. The number of benzene rings is 1. The Morgan fingerprint density at radius 2 is 2.12 bits per heavy atom. The van der Waals surface area contributed by atoms with Crippen LogP contribution >= 0.6 is 23.8 Å². The monoisotopic (exact) mass is 369 g/mol. The summed E-state index contributed by atoms with van der Waals surface area (Å²) < 4.78 is 5.37. The molecule has 1 saturated heterocycles. The van der Waals surface area contributed by atoms with E-state index in [0.717, 1.165) is 42.5 Å². The first-order valence-electron chi connectivity index (χ1n) is 8.64. The normalized spacial score (nSPS) is 15.6. The zero-order valence-corrected chi connectivity index (χ0v) is 16.4. The third-order valence-electron chi connectivity index (χ3n) is 4.64. The van der Waals surface area contributed by atoms with Gasteiger partial charge in [0.2, 0.25) is 0 Å². The topological polar surface area (TPSA) is 27.7 Å². The average molecular weight is 370 g/mol. The average Bonchev–Trinajstić information content (AvgIpc) is 2.60. The first kappa shape index (κ1) is 19.3. The molecule has 1 heterocycles. The first-order chi connectivity index (χ1) is 11.5. The molecule has 0 aliphatic carbocycles. The van der Waals surface area contributed by atoms with E-state index in [2.05, 4.69) is 29.1 Å². The number of hydrogen-bond donors (Lipinski definition) is 1. The number of rotatable bonds is 6. The molecule has 0 atom stereocenters. The maximum Gasteiger partial charge on any atom is 0.173 e. The van der Waals surface area contributed by atoms with Crippen molar-refractivity contribution in [2.24, 2.45) is 0 Å². The fraction of sp³-hybridized carbons (Fsp3) is 0.611. The highest BCUT2D eigenvalue weighted by molar-refractivity contribution is 7.80. The number of hydrogen-bond acceptors (Lipinski definition) is 3. The maximum atomic E-state index is 6.08. The van der Waals surface area contributed by atoms with Crippen LogP contribution < -0.4 is 10.1 Å². The Labute approximate surface area is 156 Å². The highest BCUT2D eigenvalue weighted by Gasteiger charge is 2.23. The van der Waals surface area contributed by atoms with E-state index >= 15 is 0 Å². The van der Waals surface area contributed by atoms with Gasteiger partial charge in [0, 0.05) is 24.2 Å². The Bertz CT molecular complexity index is 547. The van der Waals surface area contributed by atoms with E-state index in [-0.39, 0.29) is 0 Å². The Balaban J connectivity index is 1.88. The maximum absolute atomic E-state index is 6.08. The van der Waals surface area contributed by atoms with Crippen LogP contribution in [0.25, 0.3) is 0 Å². The fourth-order valence-electron chi connectivity index (χ4n) is 3.07. The molecule has 134 valence electrons. The molecule has 4 nitrogen and oxygen atoms in total. The lowest BCUT2D eigenvalue weighted by Gasteiger charge is -2.38. The zero-order chi connectivity index (χ0) is 17.5. The van der Waals surface area contributed by atoms with E-state index in [4.69, 9.17) is 28.6 Å². The second-order valence-electron chi connectivity index (χ2n) is 6.33. The minimum atomic E-state index is 0.663. The molecule has 1 aromatic carbocycles. The standard InChI is InChI=1S/C18H28ClN3OS/c1-4-5-10-21(2)15-8-11-22(12-9-15)18(24)20-16-13-14(19)6-7-17(16)23-3/h6-7,13,15H,4-5,8-12H2,1-3H3,(H,20,24). The molecule has 0 amide bonds. The summed E-state index contributed by atoms with van der Waals surface area (Å²) in [6, 6.07) is 6.17. The van der Waals surface area contributed by atoms with Gasteiger partial charge in [0.1, 0.15) is 5.75 Å². The summed E-state index contributed by atoms with van der Waals surface area (Å²) in [5.74, 6) is 0.746. The lowest BCUT2D eigenvalue weighted by molar-refractivity contribution is 0.163. The van der Waals surface area contributed by atoms with Gasteiger partial charge in [-0.3, -0.25) is 0 Å². The number of nitrogens with zero attached hydrogens (tertiary/aromatic N) is 2. The van der Waals surface area contributed by atoms with E-state index in [1.54, 1.807) is 7.11 Å². The Kier molecular flexibility index (Phi) is 7.59. The van der Waals surface area contributed by atoms with Crippen molar-refractivity contribution in [2.45, 2.75) is 38.6 Å². The van der Waals surface area contributed by atoms with Crippen LogP contribution in [0.5, 0.6) is 5.75 Å². The molecule has 0 bridgehead atoms. The zero-order valence-electron chi connectivity index (χ0n) is 14.8. The number of likely N-dealkylation sites (tertiary alicyclic amines) is 1. The lowest BCUT2D eigenvalue weighted by Crippen LogP contribution is -2.47. The van der Waals surface area contributed by atoms with Crippen molar-refractivity contribution in [3.05, 3.63) is 23.2 Å². The van der Waals surface area contributed by atoms with Crippen LogP contribution in [0.4, 0.5) is 5.69 Å². The molecule has 24 heavy (non-hydrogen) atoms. The quantitative estimate of drug-likeness (QED) is 0.757. The van der Waals surface area contributed by atoms with Crippen LogP contribution in [0.1, 0.15) is 32.6 Å². The number of thiocarbonyl (C=S) groups is 1. The molecule has 1 N–H and O–H groups in total. The van der Waals surface area contributed by atoms with Gasteiger partial charge in [-0.25, -0.2) is 0 Å². The van der Waals surface area contributed by atoms with Crippen LogP contribution in [-0.4, -0.2) is 54.7 Å². The highest BCUT2D eigenvalue weighted by atomic mass is 35.5. The molecule has 1 aromatic rings. The van der Waals surface area contributed by atoms with Gasteiger partial charge in [-0.1, -0.05) is 24.9 Å².